The number of thioether (sulfide) groups is 1. The number of amides is 1. The van der Waals surface area contributed by atoms with Crippen LogP contribution < -0.4 is 4.90 Å². The highest BCUT2D eigenvalue weighted by Crippen LogP contribution is 2.28. The lowest BCUT2D eigenvalue weighted by Gasteiger charge is -2.34. The van der Waals surface area contributed by atoms with E-state index in [2.05, 4.69) is 9.97 Å². The summed E-state index contributed by atoms with van der Waals surface area (Å²) < 4.78 is 0. The summed E-state index contributed by atoms with van der Waals surface area (Å²) in [5.41, 5.74) is 4.09. The van der Waals surface area contributed by atoms with Crippen molar-refractivity contribution in [3.8, 4) is 0 Å². The van der Waals surface area contributed by atoms with Gasteiger partial charge in [0.2, 0.25) is 5.91 Å². The Morgan fingerprint density at radius 1 is 1.04 bits per heavy atom. The fourth-order valence-corrected chi connectivity index (χ4v) is 4.28. The smallest absolute Gasteiger partial charge is 0.237 e. The van der Waals surface area contributed by atoms with Crippen LogP contribution in [0, 0.1) is 20.8 Å². The van der Waals surface area contributed by atoms with E-state index < -0.39 is 0 Å². The van der Waals surface area contributed by atoms with E-state index in [0.717, 1.165) is 35.5 Å². The molecule has 2 aromatic rings. The van der Waals surface area contributed by atoms with Crippen molar-refractivity contribution in [1.82, 2.24) is 9.97 Å². The molecule has 0 N–H and O–H groups in total. The lowest BCUT2D eigenvalue weighted by atomic mass is 9.93. The monoisotopic (exact) mass is 369 g/mol. The standard InChI is InChI=1S/C21H27N3OS/c1-15-16(2)22-21(23-17(15)3)26-14-20(25)24(18-10-6-4-7-11-18)19-12-8-5-9-13-19/h4,6-7,10-11,19H,5,8-9,12-14H2,1-3H3. The highest BCUT2D eigenvalue weighted by atomic mass is 32.2. The largest absolute Gasteiger partial charge is 0.309 e. The number of carbonyl (C=O) groups excluding carboxylic acids is 1. The first-order valence-electron chi connectivity index (χ1n) is 9.38. The first-order valence-corrected chi connectivity index (χ1v) is 10.4. The molecule has 0 aliphatic heterocycles. The molecule has 1 heterocycles. The van der Waals surface area contributed by atoms with Crippen molar-refractivity contribution >= 4 is 23.4 Å². The van der Waals surface area contributed by atoms with E-state index in [1.54, 1.807) is 0 Å². The second-order valence-corrected chi connectivity index (χ2v) is 7.92. The fourth-order valence-electron chi connectivity index (χ4n) is 3.49. The Labute approximate surface area is 160 Å². The van der Waals surface area contributed by atoms with Crippen LogP contribution in [0.25, 0.3) is 0 Å². The predicted molar refractivity (Wildman–Crippen MR) is 108 cm³/mol. The highest BCUT2D eigenvalue weighted by Gasteiger charge is 2.27. The van der Waals surface area contributed by atoms with Gasteiger partial charge in [0.15, 0.2) is 5.16 Å². The van der Waals surface area contributed by atoms with Crippen LogP contribution in [0.15, 0.2) is 35.5 Å². The topological polar surface area (TPSA) is 46.1 Å². The van der Waals surface area contributed by atoms with E-state index in [9.17, 15) is 4.79 Å². The maximum Gasteiger partial charge on any atom is 0.237 e. The van der Waals surface area contributed by atoms with E-state index in [1.165, 1.54) is 31.0 Å². The molecule has 0 saturated heterocycles. The Kier molecular flexibility index (Phi) is 6.30. The number of carbonyl (C=O) groups is 1. The molecule has 0 atom stereocenters. The molecule has 4 nitrogen and oxygen atoms in total. The SMILES string of the molecule is Cc1nc(SCC(=O)N(c2ccccc2)C2CCCCC2)nc(C)c1C. The van der Waals surface area contributed by atoms with Gasteiger partial charge in [-0.1, -0.05) is 49.2 Å². The average molecular weight is 370 g/mol. The van der Waals surface area contributed by atoms with Gasteiger partial charge in [-0.25, -0.2) is 9.97 Å². The van der Waals surface area contributed by atoms with Crippen molar-refractivity contribution < 1.29 is 4.79 Å². The van der Waals surface area contributed by atoms with Gasteiger partial charge in [0.25, 0.3) is 0 Å². The summed E-state index contributed by atoms with van der Waals surface area (Å²) in [6.07, 6.45) is 5.86. The van der Waals surface area contributed by atoms with Crippen molar-refractivity contribution in [2.75, 3.05) is 10.7 Å². The molecule has 1 aliphatic rings. The van der Waals surface area contributed by atoms with Crippen LogP contribution in [-0.2, 0) is 4.79 Å². The number of para-hydroxylation sites is 1. The minimum Gasteiger partial charge on any atom is -0.309 e. The van der Waals surface area contributed by atoms with Crippen LogP contribution in [-0.4, -0.2) is 27.7 Å². The molecule has 5 heteroatoms. The zero-order chi connectivity index (χ0) is 18.5. The molecule has 1 aromatic heterocycles. The van der Waals surface area contributed by atoms with Crippen LogP contribution in [0.4, 0.5) is 5.69 Å². The zero-order valence-corrected chi connectivity index (χ0v) is 16.7. The molecule has 1 aromatic carbocycles. The van der Waals surface area contributed by atoms with Crippen molar-refractivity contribution in [3.63, 3.8) is 0 Å². The molecule has 3 rings (SSSR count). The molecule has 0 bridgehead atoms. The van der Waals surface area contributed by atoms with Gasteiger partial charge in [-0.15, -0.1) is 0 Å². The van der Waals surface area contributed by atoms with Gasteiger partial charge in [0.05, 0.1) is 5.75 Å². The summed E-state index contributed by atoms with van der Waals surface area (Å²) in [6, 6.07) is 10.4. The summed E-state index contributed by atoms with van der Waals surface area (Å²) in [4.78, 5) is 24.2. The molecule has 0 unspecified atom stereocenters. The van der Waals surface area contributed by atoms with E-state index in [4.69, 9.17) is 0 Å². The third kappa shape index (κ3) is 4.44. The minimum atomic E-state index is 0.146. The number of aromatic nitrogens is 2. The van der Waals surface area contributed by atoms with Gasteiger partial charge in [0.1, 0.15) is 0 Å². The summed E-state index contributed by atoms with van der Waals surface area (Å²) in [5.74, 6) is 0.514. The van der Waals surface area contributed by atoms with Crippen LogP contribution in [0.1, 0.15) is 49.1 Å². The molecule has 1 amide bonds. The third-order valence-corrected chi connectivity index (χ3v) is 6.01. The van der Waals surface area contributed by atoms with Crippen LogP contribution in [0.3, 0.4) is 0 Å². The summed E-state index contributed by atoms with van der Waals surface area (Å²) in [6.45, 7) is 6.02. The summed E-state index contributed by atoms with van der Waals surface area (Å²) >= 11 is 1.44. The minimum absolute atomic E-state index is 0.146. The normalized spacial score (nSPS) is 15.0. The molecule has 0 radical (unpaired) electrons. The number of nitrogens with zero attached hydrogens (tertiary/aromatic N) is 3. The van der Waals surface area contributed by atoms with Gasteiger partial charge in [-0.2, -0.15) is 0 Å². The number of benzene rings is 1. The van der Waals surface area contributed by atoms with E-state index in [-0.39, 0.29) is 5.91 Å². The van der Waals surface area contributed by atoms with Gasteiger partial charge in [-0.05, 0) is 51.3 Å². The highest BCUT2D eigenvalue weighted by molar-refractivity contribution is 7.99. The number of hydrogen-bond acceptors (Lipinski definition) is 4. The summed E-state index contributed by atoms with van der Waals surface area (Å²) in [7, 11) is 0. The number of anilines is 1. The van der Waals surface area contributed by atoms with Gasteiger partial charge in [0, 0.05) is 23.1 Å². The number of rotatable bonds is 5. The molecule has 26 heavy (non-hydrogen) atoms. The molecule has 1 aliphatic carbocycles. The lowest BCUT2D eigenvalue weighted by molar-refractivity contribution is -0.116. The molecular formula is C21H27N3OS. The number of hydrogen-bond donors (Lipinski definition) is 0. The van der Waals surface area contributed by atoms with Crippen LogP contribution in [0.5, 0.6) is 0 Å². The Morgan fingerprint density at radius 3 is 2.27 bits per heavy atom. The molecule has 0 spiro atoms. The van der Waals surface area contributed by atoms with Gasteiger partial charge in [-0.3, -0.25) is 4.79 Å². The maximum absolute atomic E-state index is 13.1. The van der Waals surface area contributed by atoms with Crippen LogP contribution >= 0.6 is 11.8 Å². The zero-order valence-electron chi connectivity index (χ0n) is 15.9. The third-order valence-electron chi connectivity index (χ3n) is 5.18. The number of aryl methyl sites for hydroxylation is 2. The van der Waals surface area contributed by atoms with E-state index >= 15 is 0 Å². The van der Waals surface area contributed by atoms with Crippen LogP contribution in [0.2, 0.25) is 0 Å². The molecule has 1 saturated carbocycles. The Balaban J connectivity index is 1.75. The molecule has 1 fully saturated rings. The van der Waals surface area contributed by atoms with Crippen molar-refractivity contribution in [2.45, 2.75) is 64.1 Å². The van der Waals surface area contributed by atoms with Gasteiger partial charge < -0.3 is 4.90 Å². The Hall–Kier alpha value is -1.88. The maximum atomic E-state index is 13.1. The Morgan fingerprint density at radius 2 is 1.65 bits per heavy atom. The van der Waals surface area contributed by atoms with E-state index in [0.29, 0.717) is 17.0 Å². The quantitative estimate of drug-likeness (QED) is 0.558. The summed E-state index contributed by atoms with van der Waals surface area (Å²) in [5, 5.41) is 0.690. The van der Waals surface area contributed by atoms with Crippen molar-refractivity contribution in [2.24, 2.45) is 0 Å². The predicted octanol–water partition coefficient (Wildman–Crippen LogP) is 4.86. The first-order chi connectivity index (χ1) is 12.6. The molecular weight excluding hydrogens is 342 g/mol. The molecule has 138 valence electrons. The van der Waals surface area contributed by atoms with Gasteiger partial charge >= 0.3 is 0 Å². The van der Waals surface area contributed by atoms with Crippen molar-refractivity contribution in [1.29, 1.82) is 0 Å². The lowest BCUT2D eigenvalue weighted by Crippen LogP contribution is -2.42. The fraction of sp³-hybridized carbons (Fsp3) is 0.476. The second-order valence-electron chi connectivity index (χ2n) is 6.98. The second kappa shape index (κ2) is 8.67. The van der Waals surface area contributed by atoms with Crippen molar-refractivity contribution in [3.05, 3.63) is 47.3 Å². The first kappa shape index (κ1) is 18.9. The van der Waals surface area contributed by atoms with E-state index in [1.807, 2.05) is 56.0 Å². The average Bonchev–Trinajstić information content (AvgIpc) is 2.66. The Bertz CT molecular complexity index is 734.